The molecule has 0 aliphatic carbocycles. The minimum atomic E-state index is -1.75. The summed E-state index contributed by atoms with van der Waals surface area (Å²) in [6.07, 6.45) is 0. The van der Waals surface area contributed by atoms with E-state index < -0.39 is 108 Å². The maximum absolute atomic E-state index is 8.46. The third-order valence-corrected chi connectivity index (χ3v) is 0. The molecule has 0 aromatic heterocycles. The fourth-order valence-corrected chi connectivity index (χ4v) is 0. The van der Waals surface area contributed by atoms with Crippen LogP contribution in [0.4, 0.5) is 0 Å². The third-order valence-electron chi connectivity index (χ3n) is 0. The van der Waals surface area contributed by atoms with Crippen molar-refractivity contribution in [2.24, 2.45) is 0 Å². The molecule has 0 aliphatic heterocycles. The Balaban J connectivity index is -0.0000000117. The Morgan fingerprint density at radius 1 is 0.375 bits per heavy atom. The summed E-state index contributed by atoms with van der Waals surface area (Å²) in [5.41, 5.74) is 0. The molecule has 0 aliphatic rings. The molecule has 14 nitrogen and oxygen atoms in total. The Labute approximate surface area is 262 Å². The molecule has 24 heavy (non-hydrogen) atoms. The summed E-state index contributed by atoms with van der Waals surface area (Å²) in [4.78, 5) is 0. The predicted molar refractivity (Wildman–Crippen MR) is 56.6 cm³/mol. The fourth-order valence-electron chi connectivity index (χ4n) is 0. The van der Waals surface area contributed by atoms with Crippen molar-refractivity contribution in [3.63, 3.8) is 0 Å². The second kappa shape index (κ2) is 147. The van der Waals surface area contributed by atoms with Gasteiger partial charge in [-0.05, 0) is 0 Å². The first kappa shape index (κ1) is 63.0. The molecule has 0 amide bonds. The Kier molecular flexibility index (Phi) is 386. The minimum Gasteiger partial charge on any atom is 3.00 e. The molecule has 0 rings (SSSR count). The average molecular weight is 663 g/mol. The first-order chi connectivity index (χ1) is 9.90. The van der Waals surface area contributed by atoms with Gasteiger partial charge in [-0.3, -0.25) is 0 Å². The molecule has 0 heterocycles. The zero-order valence-corrected chi connectivity index (χ0v) is 28.5. The molecule has 0 aromatic carbocycles. The largest absolute Gasteiger partial charge is 3.00 e. The van der Waals surface area contributed by atoms with Gasteiger partial charge in [-0.15, -0.1) is 0 Å². The van der Waals surface area contributed by atoms with Crippen molar-refractivity contribution in [3.05, 3.63) is 0 Å². The zero-order chi connectivity index (χ0) is 18.9. The molecule has 24 heteroatoms. The van der Waals surface area contributed by atoms with Crippen LogP contribution in [0.5, 0.6) is 0 Å². The van der Waals surface area contributed by atoms with Gasteiger partial charge in [-0.25, -0.2) is 0 Å². The maximum Gasteiger partial charge on any atom is 3.00 e. The second-order valence-electron chi connectivity index (χ2n) is 0.674. The summed E-state index contributed by atoms with van der Waals surface area (Å²) >= 11 is -12.3. The smallest absolute Gasteiger partial charge is 3.00 e. The van der Waals surface area contributed by atoms with E-state index in [9.17, 15) is 0 Å². The van der Waals surface area contributed by atoms with E-state index >= 15 is 0 Å². The van der Waals surface area contributed by atoms with Crippen LogP contribution in [0.25, 0.3) is 0 Å². The standard InChI is InChI=1S/7Al.Ba.Mg.14O.Y/q;;;;;;;2*+2;;;;;;;;7*-1;+3. The van der Waals surface area contributed by atoms with Crippen molar-refractivity contribution >= 4 is 180 Å². The van der Waals surface area contributed by atoms with E-state index in [0.29, 0.717) is 0 Å². The van der Waals surface area contributed by atoms with Crippen LogP contribution in [-0.4, -0.2) is 180 Å². The van der Waals surface area contributed by atoms with E-state index in [1.165, 1.54) is 0 Å². The summed E-state index contributed by atoms with van der Waals surface area (Å²) in [5.74, 6) is 0. The topological polar surface area (TPSA) is 281 Å². The summed E-state index contributed by atoms with van der Waals surface area (Å²) < 4.78 is 118. The second-order valence-corrected chi connectivity index (χ2v) is 2.02. The summed E-state index contributed by atoms with van der Waals surface area (Å²) in [7, 11) is 0. The van der Waals surface area contributed by atoms with E-state index in [4.69, 9.17) is 55.7 Å². The molecule has 0 saturated carbocycles. The van der Waals surface area contributed by atoms with E-state index in [1.54, 1.807) is 0 Å². The molecule has 0 unspecified atom stereocenters. The molecule has 0 radical (unpaired) electrons. The van der Waals surface area contributed by atoms with E-state index in [-0.39, 0.29) is 105 Å². The van der Waals surface area contributed by atoms with Crippen molar-refractivity contribution < 1.29 is 88.4 Å². The van der Waals surface area contributed by atoms with Gasteiger partial charge in [0, 0.05) is 0 Å². The van der Waals surface area contributed by atoms with E-state index in [1.807, 2.05) is 0 Å². The van der Waals surface area contributed by atoms with Crippen LogP contribution in [0.3, 0.4) is 0 Å². The first-order valence-corrected chi connectivity index (χ1v) is 9.90. The molecular formula is Al7BaMgO14Y. The van der Waals surface area contributed by atoms with Crippen LogP contribution in [-0.2, 0) is 59.3 Å². The van der Waals surface area contributed by atoms with Crippen LogP contribution < -0.4 is 29.1 Å². The van der Waals surface area contributed by atoms with Crippen molar-refractivity contribution in [3.8, 4) is 0 Å². The van der Waals surface area contributed by atoms with Crippen molar-refractivity contribution in [2.45, 2.75) is 0 Å². The Morgan fingerprint density at radius 2 is 0.375 bits per heavy atom. The van der Waals surface area contributed by atoms with Gasteiger partial charge in [0.2, 0.25) is 0 Å². The Hall–Kier alpha value is 4.37. The SMILES string of the molecule is [Ba+2].[Mg+2].[O]=[Al][O-].[O]=[Al][O-].[O]=[Al][O-].[O]=[Al][O-].[O]=[Al][O-].[O]=[Al][O-].[O]=[Al][O-].[Y+3]. The number of hydrogen-bond acceptors (Lipinski definition) is 14. The van der Waals surface area contributed by atoms with Crippen LogP contribution in [0, 0.1) is 0 Å². The van der Waals surface area contributed by atoms with Gasteiger partial charge in [-0.2, -0.15) is 0 Å². The van der Waals surface area contributed by atoms with Crippen LogP contribution >= 0.6 is 0 Å². The van der Waals surface area contributed by atoms with Gasteiger partial charge < -0.3 is 0 Å². The van der Waals surface area contributed by atoms with E-state index in [2.05, 4.69) is 0 Å². The van der Waals surface area contributed by atoms with Gasteiger partial charge in [0.15, 0.2) is 0 Å². The van der Waals surface area contributed by atoms with Crippen LogP contribution in [0.2, 0.25) is 0 Å². The molecule has 0 bridgehead atoms. The summed E-state index contributed by atoms with van der Waals surface area (Å²) in [6.45, 7) is 0. The van der Waals surface area contributed by atoms with Crippen molar-refractivity contribution in [1.29, 1.82) is 0 Å². The number of hydrogen-bond donors (Lipinski definition) is 0. The molecule has 112 valence electrons. The normalized spacial score (nSPS) is 2.33. The predicted octanol–water partition coefficient (Wildman–Crippen LogP) is -12.6. The fraction of sp³-hybridized carbons (Fsp3) is 0. The van der Waals surface area contributed by atoms with Crippen molar-refractivity contribution in [2.75, 3.05) is 0 Å². The molecule has 0 fully saturated rings. The molecule has 0 atom stereocenters. The average Bonchev–Trinajstić information content (AvgIpc) is 2.35. The summed E-state index contributed by atoms with van der Waals surface area (Å²) in [5, 5.41) is 0. The van der Waals surface area contributed by atoms with Gasteiger partial charge in [0.05, 0.1) is 0 Å². The molecule has 0 N–H and O–H groups in total. The van der Waals surface area contributed by atoms with Crippen LogP contribution in [0.1, 0.15) is 0 Å². The Morgan fingerprint density at radius 3 is 0.375 bits per heavy atom. The molecule has 0 aromatic rings. The third kappa shape index (κ3) is 889. The monoisotopic (exact) mass is 664 g/mol. The van der Waals surface area contributed by atoms with Gasteiger partial charge >= 0.3 is 269 Å². The zero-order valence-electron chi connectivity index (χ0n) is 11.7. The van der Waals surface area contributed by atoms with E-state index in [0.717, 1.165) is 0 Å². The van der Waals surface area contributed by atoms with Gasteiger partial charge in [0.1, 0.15) is 0 Å². The van der Waals surface area contributed by atoms with Gasteiger partial charge in [-0.1, -0.05) is 0 Å². The molecule has 0 spiro atoms. The number of rotatable bonds is 0. The quantitative estimate of drug-likeness (QED) is 0.218. The molecular weight excluding hydrogens is 663 g/mol. The van der Waals surface area contributed by atoms with Crippen LogP contribution in [0.15, 0.2) is 0 Å². The van der Waals surface area contributed by atoms with Crippen molar-refractivity contribution in [1.82, 2.24) is 0 Å². The maximum atomic E-state index is 8.46. The Bertz CT molecular complexity index is 149. The van der Waals surface area contributed by atoms with Gasteiger partial charge in [0.25, 0.3) is 0 Å². The molecule has 0 saturated heterocycles. The summed E-state index contributed by atoms with van der Waals surface area (Å²) in [6, 6.07) is 0. The minimum absolute atomic E-state index is 0. The first-order valence-electron chi connectivity index (χ1n) is 3.30.